The summed E-state index contributed by atoms with van der Waals surface area (Å²) < 4.78 is 12.3. The Labute approximate surface area is 96.8 Å². The van der Waals surface area contributed by atoms with Crippen molar-refractivity contribution in [2.75, 3.05) is 0 Å². The van der Waals surface area contributed by atoms with E-state index in [1.807, 2.05) is 0 Å². The van der Waals surface area contributed by atoms with Gasteiger partial charge < -0.3 is 4.42 Å². The lowest BCUT2D eigenvalue weighted by molar-refractivity contribution is 0.574. The van der Waals surface area contributed by atoms with Gasteiger partial charge in [0, 0.05) is 5.02 Å². The van der Waals surface area contributed by atoms with Crippen LogP contribution in [-0.2, 0) is 0 Å². The molecule has 0 atom stereocenters. The summed E-state index contributed by atoms with van der Waals surface area (Å²) >= 11 is 17.6. The van der Waals surface area contributed by atoms with Crippen LogP contribution in [0.1, 0.15) is 1.37 Å². The van der Waals surface area contributed by atoms with E-state index in [0.717, 1.165) is 0 Å². The average molecular weight is 250 g/mol. The molecule has 2 aromatic rings. The summed E-state index contributed by atoms with van der Waals surface area (Å²) in [7, 11) is 0. The largest absolute Gasteiger partial charge is 0.444 e. The third-order valence-electron chi connectivity index (χ3n) is 1.61. The highest BCUT2D eigenvalue weighted by atomic mass is 35.5. The van der Waals surface area contributed by atoms with Gasteiger partial charge in [-0.1, -0.05) is 34.8 Å². The fourth-order valence-electron chi connectivity index (χ4n) is 1.03. The van der Waals surface area contributed by atoms with Crippen molar-refractivity contribution in [1.29, 1.82) is 0 Å². The average Bonchev–Trinajstić information content (AvgIpc) is 2.58. The van der Waals surface area contributed by atoms with E-state index >= 15 is 0 Å². The van der Waals surface area contributed by atoms with Gasteiger partial charge in [-0.2, -0.15) is 0 Å². The molecule has 0 spiro atoms. The molecule has 0 radical (unpaired) electrons. The molecule has 0 aliphatic heterocycles. The zero-order valence-corrected chi connectivity index (χ0v) is 8.99. The first-order valence-electron chi connectivity index (χ1n) is 4.15. The molecule has 2 nitrogen and oxygen atoms in total. The highest BCUT2D eigenvalue weighted by Crippen LogP contribution is 2.35. The Morgan fingerprint density at radius 3 is 2.71 bits per heavy atom. The number of hydrogen-bond donors (Lipinski definition) is 0. The monoisotopic (exact) mass is 248 g/mol. The van der Waals surface area contributed by atoms with Crippen LogP contribution in [-0.4, -0.2) is 4.98 Å². The summed E-state index contributed by atoms with van der Waals surface area (Å²) in [6.07, 6.45) is 1.23. The number of aromatic nitrogens is 1. The van der Waals surface area contributed by atoms with E-state index in [4.69, 9.17) is 40.6 Å². The van der Waals surface area contributed by atoms with Crippen molar-refractivity contribution in [3.05, 3.63) is 39.6 Å². The van der Waals surface area contributed by atoms with Crippen molar-refractivity contribution >= 4 is 34.8 Å². The Hall–Kier alpha value is -0.700. The minimum Gasteiger partial charge on any atom is -0.444 e. The number of nitrogens with zero attached hydrogens (tertiary/aromatic N) is 1. The maximum Gasteiger partial charge on any atom is 0.227 e. The van der Waals surface area contributed by atoms with Crippen LogP contribution in [0.5, 0.6) is 0 Å². The smallest absolute Gasteiger partial charge is 0.227 e. The van der Waals surface area contributed by atoms with E-state index in [1.54, 1.807) is 6.07 Å². The van der Waals surface area contributed by atoms with Gasteiger partial charge >= 0.3 is 0 Å². The van der Waals surface area contributed by atoms with Gasteiger partial charge in [-0.15, -0.1) is 0 Å². The lowest BCUT2D eigenvalue weighted by Gasteiger charge is -2.02. The topological polar surface area (TPSA) is 26.0 Å². The molecular formula is C9H4Cl3NO. The predicted octanol–water partition coefficient (Wildman–Crippen LogP) is 4.30. The Kier molecular flexibility index (Phi) is 2.34. The van der Waals surface area contributed by atoms with E-state index in [9.17, 15) is 0 Å². The summed E-state index contributed by atoms with van der Waals surface area (Å²) in [6.45, 7) is 0. The molecule has 0 aliphatic carbocycles. The number of halogens is 3. The molecule has 0 bridgehead atoms. The second kappa shape index (κ2) is 3.81. The number of rotatable bonds is 1. The molecule has 0 N–H and O–H groups in total. The van der Waals surface area contributed by atoms with Gasteiger partial charge in [0.05, 0.1) is 23.2 Å². The van der Waals surface area contributed by atoms with E-state index < -0.39 is 0 Å². The van der Waals surface area contributed by atoms with Crippen LogP contribution in [0.3, 0.4) is 0 Å². The van der Waals surface area contributed by atoms with Crippen LogP contribution < -0.4 is 0 Å². The van der Waals surface area contributed by atoms with Gasteiger partial charge in [0.1, 0.15) is 6.26 Å². The van der Waals surface area contributed by atoms with Crippen LogP contribution >= 0.6 is 34.8 Å². The third-order valence-corrected chi connectivity index (χ3v) is 2.63. The minimum atomic E-state index is 0.0252. The summed E-state index contributed by atoms with van der Waals surface area (Å²) in [6, 6.07) is 3.11. The second-order valence-electron chi connectivity index (χ2n) is 2.53. The van der Waals surface area contributed by atoms with Gasteiger partial charge in [-0.3, -0.25) is 0 Å². The maximum atomic E-state index is 7.23. The molecule has 0 unspecified atom stereocenters. The molecule has 14 heavy (non-hydrogen) atoms. The van der Waals surface area contributed by atoms with E-state index in [0.29, 0.717) is 20.6 Å². The minimum absolute atomic E-state index is 0.0252. The Bertz CT molecular complexity index is 512. The highest BCUT2D eigenvalue weighted by Gasteiger charge is 2.12. The normalized spacial score (nSPS) is 11.5. The number of oxazole rings is 1. The first kappa shape index (κ1) is 8.60. The summed E-state index contributed by atoms with van der Waals surface area (Å²) in [5.74, 6) is 0.231. The fourth-order valence-corrected chi connectivity index (χ4v) is 1.71. The van der Waals surface area contributed by atoms with Gasteiger partial charge in [0.25, 0.3) is 0 Å². The molecule has 5 heteroatoms. The molecule has 2 rings (SSSR count). The molecule has 1 heterocycles. The summed E-state index contributed by atoms with van der Waals surface area (Å²) in [5, 5.41) is 1.07. The molecule has 0 aliphatic rings. The van der Waals surface area contributed by atoms with Crippen molar-refractivity contribution in [3.63, 3.8) is 0 Å². The van der Waals surface area contributed by atoms with Crippen LogP contribution in [0.25, 0.3) is 11.5 Å². The molecule has 1 aromatic heterocycles. The molecule has 0 saturated heterocycles. The van der Waals surface area contributed by atoms with Crippen LogP contribution in [0.4, 0.5) is 0 Å². The standard InChI is InChI=1S/C9H4Cl3NO/c10-5-3-6(8(12)7(11)4-5)9-13-1-2-14-9/h1-4H/i1D. The van der Waals surface area contributed by atoms with Crippen molar-refractivity contribution in [2.24, 2.45) is 0 Å². The maximum absolute atomic E-state index is 7.23. The van der Waals surface area contributed by atoms with Crippen molar-refractivity contribution in [3.8, 4) is 11.5 Å². The molecule has 0 fully saturated rings. The highest BCUT2D eigenvalue weighted by molar-refractivity contribution is 6.44. The lowest BCUT2D eigenvalue weighted by atomic mass is 10.2. The fraction of sp³-hybridized carbons (Fsp3) is 0. The Morgan fingerprint density at radius 2 is 2.07 bits per heavy atom. The van der Waals surface area contributed by atoms with Gasteiger partial charge in [-0.25, -0.2) is 4.98 Å². The van der Waals surface area contributed by atoms with Crippen LogP contribution in [0.2, 0.25) is 15.1 Å². The number of benzene rings is 1. The molecular weight excluding hydrogens is 244 g/mol. The second-order valence-corrected chi connectivity index (χ2v) is 3.75. The first-order valence-corrected chi connectivity index (χ1v) is 4.78. The van der Waals surface area contributed by atoms with Gasteiger partial charge in [0.15, 0.2) is 0 Å². The van der Waals surface area contributed by atoms with Gasteiger partial charge in [-0.05, 0) is 12.1 Å². The zero-order chi connectivity index (χ0) is 11.0. The van der Waals surface area contributed by atoms with Crippen LogP contribution in [0.15, 0.2) is 29.0 Å². The lowest BCUT2D eigenvalue weighted by Crippen LogP contribution is -1.81. The van der Waals surface area contributed by atoms with E-state index in [1.165, 1.54) is 12.3 Å². The zero-order valence-electron chi connectivity index (χ0n) is 7.72. The van der Waals surface area contributed by atoms with Crippen molar-refractivity contribution in [2.45, 2.75) is 0 Å². The van der Waals surface area contributed by atoms with Gasteiger partial charge in [0.2, 0.25) is 5.89 Å². The third kappa shape index (κ3) is 1.73. The molecule has 0 amide bonds. The van der Waals surface area contributed by atoms with Crippen molar-refractivity contribution in [1.82, 2.24) is 4.98 Å². The van der Waals surface area contributed by atoms with E-state index in [2.05, 4.69) is 4.98 Å². The summed E-state index contributed by atoms with van der Waals surface area (Å²) in [4.78, 5) is 3.82. The first-order chi connectivity index (χ1) is 7.08. The summed E-state index contributed by atoms with van der Waals surface area (Å²) in [5.41, 5.74) is 0.479. The molecule has 1 aromatic carbocycles. The molecule has 0 saturated carbocycles. The quantitative estimate of drug-likeness (QED) is 0.704. The Balaban J connectivity index is 2.62. The Morgan fingerprint density at radius 1 is 1.29 bits per heavy atom. The number of hydrogen-bond acceptors (Lipinski definition) is 2. The molecule has 72 valence electrons. The SMILES string of the molecule is [2H]c1coc(-c2cc(Cl)cc(Cl)c2Cl)n1. The van der Waals surface area contributed by atoms with E-state index in [-0.39, 0.29) is 12.1 Å². The predicted molar refractivity (Wildman–Crippen MR) is 57.0 cm³/mol. The van der Waals surface area contributed by atoms with Crippen molar-refractivity contribution < 1.29 is 5.79 Å². The van der Waals surface area contributed by atoms with Crippen LogP contribution in [0, 0.1) is 0 Å².